The van der Waals surface area contributed by atoms with E-state index in [1.54, 1.807) is 44.7 Å². The van der Waals surface area contributed by atoms with Gasteiger partial charge in [-0.25, -0.2) is 0 Å². The number of hydrogen-bond donors (Lipinski definition) is 2. The molecular weight excluding hydrogens is 366 g/mol. The summed E-state index contributed by atoms with van der Waals surface area (Å²) in [5.41, 5.74) is 3.02. The van der Waals surface area contributed by atoms with Crippen LogP contribution in [0.5, 0.6) is 11.5 Å². The molecule has 6 nitrogen and oxygen atoms in total. The summed E-state index contributed by atoms with van der Waals surface area (Å²) in [6, 6.07) is 19.2. The van der Waals surface area contributed by atoms with Crippen molar-refractivity contribution in [2.75, 3.05) is 31.4 Å². The smallest absolute Gasteiger partial charge is 0.274 e. The second kappa shape index (κ2) is 10.1. The Balaban J connectivity index is 1.59. The standard InChI is InChI=1S/C23H25N3O3/c1-28-19-10-11-22(29-2)20(16-19)26-23(27)21-15-18(12-14-25-21)24-13-6-9-17-7-4-3-5-8-17/h3-5,7-8,10-12,14-16H,6,9,13H2,1-2H3,(H,24,25)(H,26,27). The highest BCUT2D eigenvalue weighted by atomic mass is 16.5. The number of nitrogens with one attached hydrogen (secondary N) is 2. The molecule has 0 bridgehead atoms. The van der Waals surface area contributed by atoms with Crippen molar-refractivity contribution in [1.82, 2.24) is 4.98 Å². The van der Waals surface area contributed by atoms with Gasteiger partial charge in [0.15, 0.2) is 0 Å². The number of benzene rings is 2. The summed E-state index contributed by atoms with van der Waals surface area (Å²) >= 11 is 0. The van der Waals surface area contributed by atoms with Gasteiger partial charge in [0, 0.05) is 24.5 Å². The summed E-state index contributed by atoms with van der Waals surface area (Å²) < 4.78 is 10.5. The van der Waals surface area contributed by atoms with Crippen molar-refractivity contribution in [2.24, 2.45) is 0 Å². The second-order valence-electron chi connectivity index (χ2n) is 6.47. The highest BCUT2D eigenvalue weighted by Gasteiger charge is 2.12. The summed E-state index contributed by atoms with van der Waals surface area (Å²) in [5.74, 6) is 0.863. The lowest BCUT2D eigenvalue weighted by atomic mass is 10.1. The van der Waals surface area contributed by atoms with E-state index >= 15 is 0 Å². The number of rotatable bonds is 9. The third-order valence-electron chi connectivity index (χ3n) is 4.46. The molecule has 0 aliphatic heterocycles. The molecule has 0 saturated carbocycles. The highest BCUT2D eigenvalue weighted by Crippen LogP contribution is 2.29. The first-order chi connectivity index (χ1) is 14.2. The van der Waals surface area contributed by atoms with Crippen molar-refractivity contribution >= 4 is 17.3 Å². The number of aryl methyl sites for hydroxylation is 1. The Morgan fingerprint density at radius 3 is 2.59 bits per heavy atom. The molecule has 0 fully saturated rings. The number of methoxy groups -OCH3 is 2. The zero-order chi connectivity index (χ0) is 20.5. The summed E-state index contributed by atoms with van der Waals surface area (Å²) in [5, 5.41) is 6.18. The maximum absolute atomic E-state index is 12.7. The molecule has 3 aromatic rings. The average molecular weight is 391 g/mol. The van der Waals surface area contributed by atoms with Gasteiger partial charge in [-0.3, -0.25) is 9.78 Å². The van der Waals surface area contributed by atoms with Crippen LogP contribution in [0.15, 0.2) is 66.9 Å². The Morgan fingerprint density at radius 2 is 1.83 bits per heavy atom. The average Bonchev–Trinajstić information content (AvgIpc) is 2.77. The highest BCUT2D eigenvalue weighted by molar-refractivity contribution is 6.04. The molecule has 0 radical (unpaired) electrons. The van der Waals surface area contributed by atoms with Crippen LogP contribution in [-0.4, -0.2) is 31.7 Å². The SMILES string of the molecule is COc1ccc(OC)c(NC(=O)c2cc(NCCCc3ccccc3)ccn2)c1. The van der Waals surface area contributed by atoms with Crippen LogP contribution in [-0.2, 0) is 6.42 Å². The Morgan fingerprint density at radius 1 is 1.00 bits per heavy atom. The van der Waals surface area contributed by atoms with Gasteiger partial charge in [0.2, 0.25) is 0 Å². The van der Waals surface area contributed by atoms with Crippen LogP contribution in [0.1, 0.15) is 22.5 Å². The number of carbonyl (C=O) groups is 1. The second-order valence-corrected chi connectivity index (χ2v) is 6.47. The molecule has 0 spiro atoms. The number of pyridine rings is 1. The van der Waals surface area contributed by atoms with Crippen LogP contribution >= 0.6 is 0 Å². The molecule has 0 aliphatic rings. The molecule has 0 aliphatic carbocycles. The normalized spacial score (nSPS) is 10.3. The third-order valence-corrected chi connectivity index (χ3v) is 4.46. The molecule has 1 amide bonds. The van der Waals surface area contributed by atoms with Crippen LogP contribution in [0.2, 0.25) is 0 Å². The first kappa shape index (κ1) is 20.2. The zero-order valence-corrected chi connectivity index (χ0v) is 16.6. The van der Waals surface area contributed by atoms with E-state index in [9.17, 15) is 4.79 Å². The zero-order valence-electron chi connectivity index (χ0n) is 16.6. The van der Waals surface area contributed by atoms with Crippen molar-refractivity contribution in [3.63, 3.8) is 0 Å². The fourth-order valence-electron chi connectivity index (χ4n) is 2.93. The van der Waals surface area contributed by atoms with Gasteiger partial charge in [-0.2, -0.15) is 0 Å². The minimum atomic E-state index is -0.315. The van der Waals surface area contributed by atoms with E-state index in [1.807, 2.05) is 24.3 Å². The summed E-state index contributed by atoms with van der Waals surface area (Å²) in [6.45, 7) is 0.809. The molecule has 0 unspecified atom stereocenters. The number of hydrogen-bond acceptors (Lipinski definition) is 5. The van der Waals surface area contributed by atoms with Crippen LogP contribution in [0, 0.1) is 0 Å². The van der Waals surface area contributed by atoms with Crippen LogP contribution in [0.3, 0.4) is 0 Å². The number of anilines is 2. The lowest BCUT2D eigenvalue weighted by Crippen LogP contribution is -2.15. The van der Waals surface area contributed by atoms with Crippen molar-refractivity contribution in [1.29, 1.82) is 0 Å². The predicted molar refractivity (Wildman–Crippen MR) is 115 cm³/mol. The van der Waals surface area contributed by atoms with Gasteiger partial charge in [0.05, 0.1) is 19.9 Å². The van der Waals surface area contributed by atoms with E-state index in [2.05, 4.69) is 27.8 Å². The quantitative estimate of drug-likeness (QED) is 0.529. The minimum Gasteiger partial charge on any atom is -0.497 e. The molecule has 29 heavy (non-hydrogen) atoms. The Bertz CT molecular complexity index is 945. The van der Waals surface area contributed by atoms with E-state index in [0.29, 0.717) is 22.9 Å². The monoisotopic (exact) mass is 391 g/mol. The summed E-state index contributed by atoms with van der Waals surface area (Å²) in [4.78, 5) is 16.8. The maximum Gasteiger partial charge on any atom is 0.274 e. The van der Waals surface area contributed by atoms with Gasteiger partial charge in [-0.05, 0) is 42.7 Å². The molecular formula is C23H25N3O3. The minimum absolute atomic E-state index is 0.315. The van der Waals surface area contributed by atoms with Crippen molar-refractivity contribution in [3.8, 4) is 11.5 Å². The number of carbonyl (C=O) groups excluding carboxylic acids is 1. The first-order valence-electron chi connectivity index (χ1n) is 9.47. The first-order valence-corrected chi connectivity index (χ1v) is 9.47. The molecule has 1 heterocycles. The van der Waals surface area contributed by atoms with E-state index < -0.39 is 0 Å². The molecule has 0 atom stereocenters. The number of ether oxygens (including phenoxy) is 2. The number of amides is 1. The lowest BCUT2D eigenvalue weighted by Gasteiger charge is -2.12. The molecule has 150 valence electrons. The van der Waals surface area contributed by atoms with E-state index in [0.717, 1.165) is 25.1 Å². The molecule has 0 saturated heterocycles. The van der Waals surface area contributed by atoms with Crippen molar-refractivity contribution < 1.29 is 14.3 Å². The van der Waals surface area contributed by atoms with Gasteiger partial charge in [-0.15, -0.1) is 0 Å². The van der Waals surface area contributed by atoms with Crippen molar-refractivity contribution in [2.45, 2.75) is 12.8 Å². The van der Waals surface area contributed by atoms with E-state index in [-0.39, 0.29) is 5.91 Å². The Hall–Kier alpha value is -3.54. The molecule has 2 aromatic carbocycles. The maximum atomic E-state index is 12.7. The fraction of sp³-hybridized carbons (Fsp3) is 0.217. The number of nitrogens with zero attached hydrogens (tertiary/aromatic N) is 1. The number of aromatic nitrogens is 1. The van der Waals surface area contributed by atoms with Crippen LogP contribution in [0.25, 0.3) is 0 Å². The van der Waals surface area contributed by atoms with Gasteiger partial charge in [-0.1, -0.05) is 30.3 Å². The van der Waals surface area contributed by atoms with E-state index in [4.69, 9.17) is 9.47 Å². The lowest BCUT2D eigenvalue weighted by molar-refractivity contribution is 0.102. The van der Waals surface area contributed by atoms with Gasteiger partial charge in [0.1, 0.15) is 17.2 Å². The van der Waals surface area contributed by atoms with Gasteiger partial charge >= 0.3 is 0 Å². The Kier molecular flexibility index (Phi) is 7.05. The summed E-state index contributed by atoms with van der Waals surface area (Å²) in [7, 11) is 3.12. The third kappa shape index (κ3) is 5.72. The Labute approximate surface area is 170 Å². The van der Waals surface area contributed by atoms with Crippen LogP contribution < -0.4 is 20.1 Å². The predicted octanol–water partition coefficient (Wildman–Crippen LogP) is 4.40. The van der Waals surface area contributed by atoms with Gasteiger partial charge < -0.3 is 20.1 Å². The molecule has 2 N–H and O–H groups in total. The fourth-order valence-corrected chi connectivity index (χ4v) is 2.93. The molecule has 6 heteroatoms. The topological polar surface area (TPSA) is 72.5 Å². The van der Waals surface area contributed by atoms with Crippen molar-refractivity contribution in [3.05, 3.63) is 78.1 Å². The largest absolute Gasteiger partial charge is 0.497 e. The van der Waals surface area contributed by atoms with Crippen LogP contribution in [0.4, 0.5) is 11.4 Å². The summed E-state index contributed by atoms with van der Waals surface area (Å²) in [6.07, 6.45) is 3.62. The molecule has 3 rings (SSSR count). The molecule has 1 aromatic heterocycles. The van der Waals surface area contributed by atoms with Gasteiger partial charge in [0.25, 0.3) is 5.91 Å². The van der Waals surface area contributed by atoms with E-state index in [1.165, 1.54) is 5.56 Å².